The van der Waals surface area contributed by atoms with E-state index in [0.29, 0.717) is 6.04 Å². The maximum Gasteiger partial charge on any atom is 0.174 e. The number of hydrogen-bond acceptors (Lipinski definition) is 3. The van der Waals surface area contributed by atoms with Crippen LogP contribution >= 0.6 is 0 Å². The topological polar surface area (TPSA) is 47.1 Å². The first-order chi connectivity index (χ1) is 7.22. The highest BCUT2D eigenvalue weighted by atomic mass is 15.4. The summed E-state index contributed by atoms with van der Waals surface area (Å²) in [6.45, 7) is 3.34. The van der Waals surface area contributed by atoms with Crippen LogP contribution in [-0.2, 0) is 7.05 Å². The summed E-state index contributed by atoms with van der Waals surface area (Å²) in [4.78, 5) is 2.37. The second-order valence-corrected chi connectivity index (χ2v) is 4.33. The van der Waals surface area contributed by atoms with Crippen LogP contribution in [0.25, 0.3) is 0 Å². The van der Waals surface area contributed by atoms with Gasteiger partial charge in [0, 0.05) is 25.8 Å². The number of aromatic nitrogens is 2. The van der Waals surface area contributed by atoms with Crippen LogP contribution in [-0.4, -0.2) is 22.4 Å². The molecular formula is C11H20N4. The van der Waals surface area contributed by atoms with Gasteiger partial charge in [0.25, 0.3) is 0 Å². The molecule has 15 heavy (non-hydrogen) atoms. The molecule has 84 valence electrons. The van der Waals surface area contributed by atoms with Gasteiger partial charge in [0.1, 0.15) is 0 Å². The molecule has 1 aliphatic heterocycles. The molecule has 0 aromatic carbocycles. The van der Waals surface area contributed by atoms with Crippen molar-refractivity contribution in [2.75, 3.05) is 17.2 Å². The average Bonchev–Trinajstić information content (AvgIpc) is 2.57. The molecule has 0 aliphatic carbocycles. The van der Waals surface area contributed by atoms with E-state index in [0.717, 1.165) is 18.1 Å². The Hall–Kier alpha value is -1.19. The van der Waals surface area contributed by atoms with Crippen LogP contribution in [0.2, 0.25) is 0 Å². The second-order valence-electron chi connectivity index (χ2n) is 4.33. The minimum atomic E-state index is 0.621. The van der Waals surface area contributed by atoms with E-state index in [2.05, 4.69) is 16.9 Å². The van der Waals surface area contributed by atoms with Gasteiger partial charge in [-0.1, -0.05) is 6.92 Å². The molecule has 1 aromatic heterocycles. The number of aryl methyl sites for hydroxylation is 1. The van der Waals surface area contributed by atoms with E-state index in [-0.39, 0.29) is 0 Å². The third kappa shape index (κ3) is 1.94. The maximum absolute atomic E-state index is 5.96. The van der Waals surface area contributed by atoms with E-state index in [1.54, 1.807) is 4.68 Å². The Morgan fingerprint density at radius 2 is 2.33 bits per heavy atom. The van der Waals surface area contributed by atoms with Crippen molar-refractivity contribution in [3.05, 3.63) is 6.20 Å². The molecule has 4 nitrogen and oxygen atoms in total. The molecule has 0 saturated carbocycles. The third-order valence-electron chi connectivity index (χ3n) is 3.21. The molecule has 0 radical (unpaired) electrons. The summed E-state index contributed by atoms with van der Waals surface area (Å²) in [6, 6.07) is 0.621. The van der Waals surface area contributed by atoms with Gasteiger partial charge in [-0.15, -0.1) is 0 Å². The Labute approximate surface area is 91.1 Å². The third-order valence-corrected chi connectivity index (χ3v) is 3.21. The summed E-state index contributed by atoms with van der Waals surface area (Å²) >= 11 is 0. The number of nitrogens with two attached hydrogens (primary N) is 1. The molecule has 0 amide bonds. The minimum Gasteiger partial charge on any atom is -0.394 e. The number of rotatable bonds is 2. The first-order valence-electron chi connectivity index (χ1n) is 5.78. The lowest BCUT2D eigenvalue weighted by molar-refractivity contribution is 0.446. The van der Waals surface area contributed by atoms with Crippen molar-refractivity contribution < 1.29 is 0 Å². The first-order valence-corrected chi connectivity index (χ1v) is 5.78. The Morgan fingerprint density at radius 1 is 1.53 bits per heavy atom. The van der Waals surface area contributed by atoms with Gasteiger partial charge in [-0.3, -0.25) is 4.68 Å². The van der Waals surface area contributed by atoms with Gasteiger partial charge in [-0.05, 0) is 25.7 Å². The van der Waals surface area contributed by atoms with E-state index in [9.17, 15) is 0 Å². The summed E-state index contributed by atoms with van der Waals surface area (Å²) in [6.07, 6.45) is 6.92. The van der Waals surface area contributed by atoms with Crippen molar-refractivity contribution in [1.82, 2.24) is 9.78 Å². The number of hydrogen-bond donors (Lipinski definition) is 1. The van der Waals surface area contributed by atoms with Gasteiger partial charge in [-0.2, -0.15) is 5.10 Å². The van der Waals surface area contributed by atoms with Gasteiger partial charge in [0.2, 0.25) is 0 Å². The van der Waals surface area contributed by atoms with Crippen molar-refractivity contribution in [1.29, 1.82) is 0 Å². The molecule has 1 aromatic rings. The second kappa shape index (κ2) is 4.13. The standard InChI is InChI=1S/C11H20N4/c1-3-9-6-4-5-7-15(9)11-10(12)8-14(2)13-11/h8-9H,3-7,12H2,1-2H3. The summed E-state index contributed by atoms with van der Waals surface area (Å²) in [5.74, 6) is 0.976. The molecule has 1 atom stereocenters. The zero-order chi connectivity index (χ0) is 10.8. The van der Waals surface area contributed by atoms with Crippen molar-refractivity contribution in [2.45, 2.75) is 38.6 Å². The zero-order valence-electron chi connectivity index (χ0n) is 9.61. The van der Waals surface area contributed by atoms with Crippen LogP contribution in [0, 0.1) is 0 Å². The Kier molecular flexibility index (Phi) is 2.84. The fourth-order valence-electron chi connectivity index (χ4n) is 2.42. The zero-order valence-corrected chi connectivity index (χ0v) is 9.61. The van der Waals surface area contributed by atoms with Crippen LogP contribution in [0.5, 0.6) is 0 Å². The summed E-state index contributed by atoms with van der Waals surface area (Å²) in [5, 5.41) is 4.45. The number of nitrogens with zero attached hydrogens (tertiary/aromatic N) is 3. The largest absolute Gasteiger partial charge is 0.394 e. The van der Waals surface area contributed by atoms with Crippen molar-refractivity contribution >= 4 is 11.5 Å². The molecule has 4 heteroatoms. The van der Waals surface area contributed by atoms with Gasteiger partial charge >= 0.3 is 0 Å². The fraction of sp³-hybridized carbons (Fsp3) is 0.727. The van der Waals surface area contributed by atoms with Gasteiger partial charge in [0.15, 0.2) is 5.82 Å². The normalized spacial score (nSPS) is 22.0. The molecule has 2 heterocycles. The van der Waals surface area contributed by atoms with Gasteiger partial charge in [-0.25, -0.2) is 0 Å². The average molecular weight is 208 g/mol. The van der Waals surface area contributed by atoms with E-state index in [4.69, 9.17) is 5.73 Å². The van der Waals surface area contributed by atoms with Gasteiger partial charge < -0.3 is 10.6 Å². The minimum absolute atomic E-state index is 0.621. The smallest absolute Gasteiger partial charge is 0.174 e. The molecule has 1 fully saturated rings. The lowest BCUT2D eigenvalue weighted by Gasteiger charge is -2.35. The number of piperidine rings is 1. The molecule has 2 rings (SSSR count). The Morgan fingerprint density at radius 3 is 2.93 bits per heavy atom. The molecule has 1 aliphatic rings. The van der Waals surface area contributed by atoms with Crippen LogP contribution < -0.4 is 10.6 Å². The van der Waals surface area contributed by atoms with Gasteiger partial charge in [0.05, 0.1) is 5.69 Å². The molecule has 0 spiro atoms. The molecule has 1 unspecified atom stereocenters. The van der Waals surface area contributed by atoms with E-state index >= 15 is 0 Å². The fourth-order valence-corrected chi connectivity index (χ4v) is 2.42. The molecule has 0 bridgehead atoms. The predicted octanol–water partition coefficient (Wildman–Crippen LogP) is 1.77. The Balaban J connectivity index is 2.23. The maximum atomic E-state index is 5.96. The first kappa shape index (κ1) is 10.3. The van der Waals surface area contributed by atoms with E-state index in [1.807, 2.05) is 13.2 Å². The number of anilines is 2. The van der Waals surface area contributed by atoms with Crippen LogP contribution in [0.3, 0.4) is 0 Å². The van der Waals surface area contributed by atoms with E-state index < -0.39 is 0 Å². The summed E-state index contributed by atoms with van der Waals surface area (Å²) in [7, 11) is 1.92. The molecule has 2 N–H and O–H groups in total. The summed E-state index contributed by atoms with van der Waals surface area (Å²) < 4.78 is 1.80. The van der Waals surface area contributed by atoms with Crippen molar-refractivity contribution in [3.63, 3.8) is 0 Å². The van der Waals surface area contributed by atoms with Crippen molar-refractivity contribution in [3.8, 4) is 0 Å². The highest BCUT2D eigenvalue weighted by molar-refractivity contribution is 5.62. The quantitative estimate of drug-likeness (QED) is 0.805. The lowest BCUT2D eigenvalue weighted by Crippen LogP contribution is -2.39. The molecular weight excluding hydrogens is 188 g/mol. The molecule has 1 saturated heterocycles. The summed E-state index contributed by atoms with van der Waals surface area (Å²) in [5.41, 5.74) is 6.77. The number of nitrogen functional groups attached to an aromatic ring is 1. The SMILES string of the molecule is CCC1CCCCN1c1nn(C)cc1N. The van der Waals surface area contributed by atoms with Crippen LogP contribution in [0.15, 0.2) is 6.20 Å². The predicted molar refractivity (Wildman–Crippen MR) is 62.9 cm³/mol. The lowest BCUT2D eigenvalue weighted by atomic mass is 10.00. The Bertz CT molecular complexity index is 331. The van der Waals surface area contributed by atoms with Crippen molar-refractivity contribution in [2.24, 2.45) is 7.05 Å². The van der Waals surface area contributed by atoms with Crippen LogP contribution in [0.1, 0.15) is 32.6 Å². The monoisotopic (exact) mass is 208 g/mol. The highest BCUT2D eigenvalue weighted by Crippen LogP contribution is 2.28. The van der Waals surface area contributed by atoms with Crippen LogP contribution in [0.4, 0.5) is 11.5 Å². The van der Waals surface area contributed by atoms with E-state index in [1.165, 1.54) is 25.7 Å². The highest BCUT2D eigenvalue weighted by Gasteiger charge is 2.24.